The molecule has 0 aliphatic carbocycles. The summed E-state index contributed by atoms with van der Waals surface area (Å²) < 4.78 is 37.1. The van der Waals surface area contributed by atoms with Gasteiger partial charge in [0.1, 0.15) is 12.6 Å². The van der Waals surface area contributed by atoms with Gasteiger partial charge in [0.2, 0.25) is 5.91 Å². The van der Waals surface area contributed by atoms with E-state index in [1.165, 1.54) is 0 Å². The first-order valence-corrected chi connectivity index (χ1v) is 7.28. The van der Waals surface area contributed by atoms with Gasteiger partial charge in [0.15, 0.2) is 5.69 Å². The highest BCUT2D eigenvalue weighted by Crippen LogP contribution is 2.21. The van der Waals surface area contributed by atoms with Gasteiger partial charge >= 0.3 is 6.18 Å². The third-order valence-corrected chi connectivity index (χ3v) is 3.99. The molecule has 1 saturated heterocycles. The smallest absolute Gasteiger partial charge is 0.339 e. The predicted octanol–water partition coefficient (Wildman–Crippen LogP) is 0.370. The fraction of sp³-hybridized carbons (Fsp3) is 0.615. The molecule has 1 unspecified atom stereocenters. The average molecular weight is 368 g/mol. The zero-order valence-electron chi connectivity index (χ0n) is 12.6. The number of nitrogens with one attached hydrogen (secondary N) is 3. The van der Waals surface area contributed by atoms with Crippen LogP contribution in [0.5, 0.6) is 0 Å². The maximum atomic E-state index is 12.4. The number of halogens is 4. The van der Waals surface area contributed by atoms with Crippen LogP contribution in [0, 0.1) is 0 Å². The lowest BCUT2D eigenvalue weighted by Gasteiger charge is -2.18. The monoisotopic (exact) mass is 367 g/mol. The van der Waals surface area contributed by atoms with Crippen LogP contribution in [-0.4, -0.2) is 58.8 Å². The summed E-state index contributed by atoms with van der Waals surface area (Å²) in [6.45, 7) is -0.0411. The van der Waals surface area contributed by atoms with Crippen LogP contribution in [0.4, 0.5) is 13.2 Å². The van der Waals surface area contributed by atoms with E-state index >= 15 is 0 Å². The maximum absolute atomic E-state index is 12.4. The third-order valence-electron chi connectivity index (χ3n) is 3.99. The van der Waals surface area contributed by atoms with Crippen LogP contribution in [0.3, 0.4) is 0 Å². The lowest BCUT2D eigenvalue weighted by atomic mass is 10.1. The second kappa shape index (κ2) is 6.98. The van der Waals surface area contributed by atoms with Gasteiger partial charge in [0.05, 0.1) is 0 Å². The number of amides is 2. The van der Waals surface area contributed by atoms with Crippen molar-refractivity contribution in [3.8, 4) is 0 Å². The topological polar surface area (TPSA) is 90.1 Å². The molecule has 24 heavy (non-hydrogen) atoms. The number of fused-ring (bicyclic) bond motifs is 1. The van der Waals surface area contributed by atoms with E-state index in [0.717, 1.165) is 24.2 Å². The normalized spacial score (nSPS) is 20.5. The molecule has 3 heterocycles. The van der Waals surface area contributed by atoms with E-state index in [2.05, 4.69) is 20.8 Å². The maximum Gasteiger partial charge on any atom is 0.406 e. The predicted molar refractivity (Wildman–Crippen MR) is 79.8 cm³/mol. The summed E-state index contributed by atoms with van der Waals surface area (Å²) in [5.74, 6) is -1.25. The van der Waals surface area contributed by atoms with E-state index in [-0.39, 0.29) is 31.1 Å². The molecular formula is C13H17ClF3N5O2. The quantitative estimate of drug-likeness (QED) is 0.720. The number of rotatable bonds is 3. The SMILES string of the molecule is Cl.O=C(NC1CCN(CC(F)(F)F)C1=O)c1n[nH]c2c1CNCC2. The molecule has 0 saturated carbocycles. The number of likely N-dealkylation sites (tertiary alicyclic amines) is 1. The minimum Gasteiger partial charge on any atom is -0.339 e. The summed E-state index contributed by atoms with van der Waals surface area (Å²) in [6, 6.07) is -0.936. The molecule has 0 bridgehead atoms. The van der Waals surface area contributed by atoms with Crippen LogP contribution in [0.25, 0.3) is 0 Å². The zero-order chi connectivity index (χ0) is 16.6. The van der Waals surface area contributed by atoms with E-state index in [1.807, 2.05) is 0 Å². The van der Waals surface area contributed by atoms with Crippen molar-refractivity contribution >= 4 is 24.2 Å². The molecule has 7 nitrogen and oxygen atoms in total. The number of nitrogens with zero attached hydrogens (tertiary/aromatic N) is 2. The molecule has 0 radical (unpaired) electrons. The van der Waals surface area contributed by atoms with Crippen molar-refractivity contribution in [2.45, 2.75) is 31.6 Å². The highest BCUT2D eigenvalue weighted by Gasteiger charge is 2.40. The van der Waals surface area contributed by atoms with Gasteiger partial charge in [-0.1, -0.05) is 0 Å². The van der Waals surface area contributed by atoms with Crippen molar-refractivity contribution in [1.29, 1.82) is 0 Å². The van der Waals surface area contributed by atoms with Gasteiger partial charge in [-0.3, -0.25) is 14.7 Å². The van der Waals surface area contributed by atoms with Gasteiger partial charge in [-0.15, -0.1) is 12.4 Å². The van der Waals surface area contributed by atoms with Crippen molar-refractivity contribution in [3.05, 3.63) is 17.0 Å². The van der Waals surface area contributed by atoms with Crippen molar-refractivity contribution in [1.82, 2.24) is 25.7 Å². The zero-order valence-corrected chi connectivity index (χ0v) is 13.4. The number of carbonyl (C=O) groups excluding carboxylic acids is 2. The Morgan fingerprint density at radius 2 is 2.17 bits per heavy atom. The van der Waals surface area contributed by atoms with Crippen LogP contribution in [0.2, 0.25) is 0 Å². The summed E-state index contributed by atoms with van der Waals surface area (Å²) in [7, 11) is 0. The number of hydrogen-bond donors (Lipinski definition) is 3. The van der Waals surface area contributed by atoms with Crippen LogP contribution < -0.4 is 10.6 Å². The molecule has 1 fully saturated rings. The third kappa shape index (κ3) is 3.81. The standard InChI is InChI=1S/C13H16F3N5O2.ClH/c14-13(15,16)6-21-4-2-9(12(21)23)18-11(22)10-7-5-17-3-1-8(7)19-20-10;/h9,17H,1-6H2,(H,18,22)(H,19,20);1H. The summed E-state index contributed by atoms with van der Waals surface area (Å²) >= 11 is 0. The van der Waals surface area contributed by atoms with Gasteiger partial charge in [-0.2, -0.15) is 18.3 Å². The minimum atomic E-state index is -4.44. The number of hydrogen-bond acceptors (Lipinski definition) is 4. The molecule has 11 heteroatoms. The van der Waals surface area contributed by atoms with Gasteiger partial charge in [-0.05, 0) is 6.42 Å². The summed E-state index contributed by atoms with van der Waals surface area (Å²) in [6.07, 6.45) is -3.57. The number of aromatic amines is 1. The van der Waals surface area contributed by atoms with E-state index in [9.17, 15) is 22.8 Å². The van der Waals surface area contributed by atoms with Crippen molar-refractivity contribution < 1.29 is 22.8 Å². The Balaban J connectivity index is 0.00000208. The van der Waals surface area contributed by atoms with Crippen LogP contribution in [-0.2, 0) is 17.8 Å². The Bertz CT molecular complexity index is 634. The van der Waals surface area contributed by atoms with E-state index in [1.54, 1.807) is 0 Å². The molecule has 1 atom stereocenters. The molecule has 0 aromatic carbocycles. The Morgan fingerprint density at radius 1 is 1.42 bits per heavy atom. The highest BCUT2D eigenvalue weighted by molar-refractivity contribution is 5.97. The van der Waals surface area contributed by atoms with Crippen molar-refractivity contribution in [2.24, 2.45) is 0 Å². The number of alkyl halides is 3. The first-order valence-electron chi connectivity index (χ1n) is 7.28. The van der Waals surface area contributed by atoms with Crippen molar-refractivity contribution in [3.63, 3.8) is 0 Å². The first kappa shape index (κ1) is 18.5. The fourth-order valence-electron chi connectivity index (χ4n) is 2.89. The molecule has 3 rings (SSSR count). The molecule has 134 valence electrons. The Hall–Kier alpha value is -1.81. The summed E-state index contributed by atoms with van der Waals surface area (Å²) in [5, 5.41) is 12.4. The van der Waals surface area contributed by atoms with Crippen LogP contribution in [0.15, 0.2) is 0 Å². The van der Waals surface area contributed by atoms with E-state index in [4.69, 9.17) is 0 Å². The molecule has 2 aliphatic heterocycles. The lowest BCUT2D eigenvalue weighted by molar-refractivity contribution is -0.157. The molecule has 2 aliphatic rings. The second-order valence-corrected chi connectivity index (χ2v) is 5.65. The molecule has 3 N–H and O–H groups in total. The van der Waals surface area contributed by atoms with Crippen LogP contribution in [0.1, 0.15) is 28.2 Å². The highest BCUT2D eigenvalue weighted by atomic mass is 35.5. The Labute approximate surface area is 141 Å². The van der Waals surface area contributed by atoms with Gasteiger partial charge in [0, 0.05) is 37.3 Å². The van der Waals surface area contributed by atoms with E-state index < -0.39 is 30.6 Å². The Kier molecular flexibility index (Phi) is 5.38. The number of carbonyl (C=O) groups is 2. The lowest BCUT2D eigenvalue weighted by Crippen LogP contribution is -2.44. The van der Waals surface area contributed by atoms with Crippen molar-refractivity contribution in [2.75, 3.05) is 19.6 Å². The van der Waals surface area contributed by atoms with Crippen LogP contribution >= 0.6 is 12.4 Å². The fourth-order valence-corrected chi connectivity index (χ4v) is 2.89. The molecule has 0 spiro atoms. The van der Waals surface area contributed by atoms with Gasteiger partial charge in [-0.25, -0.2) is 0 Å². The number of H-pyrrole nitrogens is 1. The summed E-state index contributed by atoms with van der Waals surface area (Å²) in [5.41, 5.74) is 1.80. The number of aromatic nitrogens is 2. The average Bonchev–Trinajstić information content (AvgIpc) is 3.04. The first-order chi connectivity index (χ1) is 10.8. The molecule has 1 aromatic heterocycles. The van der Waals surface area contributed by atoms with E-state index in [0.29, 0.717) is 11.4 Å². The Morgan fingerprint density at radius 3 is 2.88 bits per heavy atom. The largest absolute Gasteiger partial charge is 0.406 e. The summed E-state index contributed by atoms with van der Waals surface area (Å²) in [4.78, 5) is 24.9. The van der Waals surface area contributed by atoms with Gasteiger partial charge in [0.25, 0.3) is 5.91 Å². The second-order valence-electron chi connectivity index (χ2n) is 5.65. The van der Waals surface area contributed by atoms with Gasteiger partial charge < -0.3 is 15.5 Å². The molecule has 2 amide bonds. The minimum absolute atomic E-state index is 0. The molecule has 1 aromatic rings. The molecular weight excluding hydrogens is 351 g/mol.